The van der Waals surface area contributed by atoms with E-state index in [1.54, 1.807) is 11.5 Å². The SMILES string of the molecule is CO/N=C(/C(=O)NC1C(=O)N2C(C(=O)[O-])=C(/C=C/C[N+]3(C)CCCC3)CS[C@H]12)c1csc(N)n1. The van der Waals surface area contributed by atoms with Gasteiger partial charge in [0, 0.05) is 24.0 Å². The number of carboxylic acid groups (broad SMARTS) is 1. The van der Waals surface area contributed by atoms with Crippen molar-refractivity contribution in [2.24, 2.45) is 5.16 Å². The number of rotatable bonds is 8. The van der Waals surface area contributed by atoms with Crippen molar-refractivity contribution in [3.05, 3.63) is 34.5 Å². The predicted octanol–water partition coefficient (Wildman–Crippen LogP) is -0.724. The number of oxime groups is 1. The van der Waals surface area contributed by atoms with E-state index < -0.39 is 29.2 Å². The van der Waals surface area contributed by atoms with Crippen LogP contribution in [0.4, 0.5) is 5.13 Å². The topological polar surface area (TPSA) is 150 Å². The Bertz CT molecular complexity index is 1090. The van der Waals surface area contributed by atoms with Gasteiger partial charge in [-0.25, -0.2) is 4.98 Å². The number of nitrogens with two attached hydrogens (primary N) is 1. The molecule has 34 heavy (non-hydrogen) atoms. The van der Waals surface area contributed by atoms with Crippen molar-refractivity contribution in [1.82, 2.24) is 15.2 Å². The second-order valence-corrected chi connectivity index (χ2v) is 10.6. The number of anilines is 1. The van der Waals surface area contributed by atoms with Crippen molar-refractivity contribution >= 4 is 51.7 Å². The standard InChI is InChI=1S/C21H26N6O5S2/c1-27(7-3-4-8-27)9-5-6-12-10-33-19-15(18(29)26(19)16(12)20(30)31)24-17(28)14(25-32-2)13-11-34-21(22)23-13/h5-6,11,15,19H,3-4,7-10H2,1-2H3,(H3-,22,23,24,28,30,31)/b6-5+,25-14+/t15?,19-/m1/s1. The summed E-state index contributed by atoms with van der Waals surface area (Å²) in [6, 6.07) is -0.913. The van der Waals surface area contributed by atoms with Crippen LogP contribution in [0.1, 0.15) is 18.5 Å². The van der Waals surface area contributed by atoms with Gasteiger partial charge in [-0.3, -0.25) is 14.5 Å². The first-order valence-electron chi connectivity index (χ1n) is 10.8. The number of aliphatic carboxylic acids is 1. The number of carboxylic acids is 1. The molecule has 2 fully saturated rings. The molecule has 3 aliphatic rings. The van der Waals surface area contributed by atoms with Crippen LogP contribution in [0.3, 0.4) is 0 Å². The fourth-order valence-corrected chi connectivity index (χ4v) is 6.26. The smallest absolute Gasteiger partial charge is 0.276 e. The Morgan fingerprint density at radius 2 is 2.18 bits per heavy atom. The van der Waals surface area contributed by atoms with E-state index >= 15 is 0 Å². The third-order valence-electron chi connectivity index (χ3n) is 6.15. The maximum Gasteiger partial charge on any atom is 0.276 e. The number of nitrogens with one attached hydrogen (secondary N) is 1. The van der Waals surface area contributed by atoms with Gasteiger partial charge >= 0.3 is 0 Å². The molecule has 3 N–H and O–H groups in total. The molecule has 1 aromatic rings. The molecule has 0 saturated carbocycles. The van der Waals surface area contributed by atoms with E-state index in [0.29, 0.717) is 11.3 Å². The number of carbonyl (C=O) groups is 3. The van der Waals surface area contributed by atoms with Crippen molar-refractivity contribution in [3.8, 4) is 0 Å². The number of amides is 2. The van der Waals surface area contributed by atoms with Gasteiger partial charge in [0.05, 0.1) is 38.3 Å². The van der Waals surface area contributed by atoms with Gasteiger partial charge in [-0.15, -0.1) is 23.1 Å². The molecular weight excluding hydrogens is 480 g/mol. The van der Waals surface area contributed by atoms with Gasteiger partial charge in [0.1, 0.15) is 24.2 Å². The van der Waals surface area contributed by atoms with E-state index in [-0.39, 0.29) is 22.2 Å². The number of aromatic nitrogens is 1. The van der Waals surface area contributed by atoms with Gasteiger partial charge in [-0.05, 0) is 11.6 Å². The van der Waals surface area contributed by atoms with E-state index in [1.807, 2.05) is 6.08 Å². The molecule has 3 aliphatic heterocycles. The van der Waals surface area contributed by atoms with Crippen molar-refractivity contribution in [1.29, 1.82) is 0 Å². The lowest BCUT2D eigenvalue weighted by Gasteiger charge is -2.50. The number of carbonyl (C=O) groups excluding carboxylic acids is 3. The lowest BCUT2D eigenvalue weighted by Crippen LogP contribution is -2.71. The van der Waals surface area contributed by atoms with Crippen LogP contribution >= 0.6 is 23.1 Å². The van der Waals surface area contributed by atoms with Crippen molar-refractivity contribution in [3.63, 3.8) is 0 Å². The molecule has 11 nitrogen and oxygen atoms in total. The molecule has 0 bridgehead atoms. The maximum absolute atomic E-state index is 12.9. The minimum atomic E-state index is -1.41. The van der Waals surface area contributed by atoms with Crippen LogP contribution < -0.4 is 16.2 Å². The average molecular weight is 507 g/mol. The van der Waals surface area contributed by atoms with Crippen LogP contribution in [0.25, 0.3) is 0 Å². The Kier molecular flexibility index (Phi) is 6.96. The first kappa shape index (κ1) is 24.2. The molecule has 0 aliphatic carbocycles. The molecule has 1 aromatic heterocycles. The fraction of sp³-hybridized carbons (Fsp3) is 0.476. The Labute approximate surface area is 204 Å². The number of fused-ring (bicyclic) bond motifs is 1. The minimum Gasteiger partial charge on any atom is -0.543 e. The number of nitrogen functional groups attached to an aromatic ring is 1. The summed E-state index contributed by atoms with van der Waals surface area (Å²) in [4.78, 5) is 47.6. The first-order valence-corrected chi connectivity index (χ1v) is 12.7. The molecular formula is C21H26N6O5S2. The summed E-state index contributed by atoms with van der Waals surface area (Å²) in [6.45, 7) is 3.00. The summed E-state index contributed by atoms with van der Waals surface area (Å²) in [5.41, 5.74) is 6.12. The predicted molar refractivity (Wildman–Crippen MR) is 126 cm³/mol. The minimum absolute atomic E-state index is 0.125. The third-order valence-corrected chi connectivity index (χ3v) is 8.13. The summed E-state index contributed by atoms with van der Waals surface area (Å²) in [5, 5.41) is 19.5. The largest absolute Gasteiger partial charge is 0.543 e. The van der Waals surface area contributed by atoms with E-state index in [2.05, 4.69) is 22.5 Å². The number of allylic oxidation sites excluding steroid dienone is 1. The summed E-state index contributed by atoms with van der Waals surface area (Å²) in [6.07, 6.45) is 6.14. The number of likely N-dealkylation sites (tertiary alicyclic amines) is 1. The third kappa shape index (κ3) is 4.68. The van der Waals surface area contributed by atoms with E-state index in [9.17, 15) is 19.5 Å². The van der Waals surface area contributed by atoms with Crippen LogP contribution in [0.5, 0.6) is 0 Å². The van der Waals surface area contributed by atoms with Gasteiger partial charge in [-0.2, -0.15) is 0 Å². The van der Waals surface area contributed by atoms with Crippen LogP contribution in [0.15, 0.2) is 34.0 Å². The number of nitrogens with zero attached hydrogens (tertiary/aromatic N) is 4. The molecule has 2 atom stereocenters. The fourth-order valence-electron chi connectivity index (χ4n) is 4.39. The van der Waals surface area contributed by atoms with E-state index in [4.69, 9.17) is 10.6 Å². The van der Waals surface area contributed by atoms with Crippen molar-refractivity contribution < 1.29 is 28.8 Å². The van der Waals surface area contributed by atoms with Gasteiger partial charge in [0.15, 0.2) is 10.8 Å². The van der Waals surface area contributed by atoms with Gasteiger partial charge in [-0.1, -0.05) is 11.2 Å². The highest BCUT2D eigenvalue weighted by molar-refractivity contribution is 8.00. The molecule has 1 unspecified atom stereocenters. The highest BCUT2D eigenvalue weighted by atomic mass is 32.2. The number of thioether (sulfide) groups is 1. The number of β-lactam (4-membered cyclic amide) rings is 1. The van der Waals surface area contributed by atoms with Crippen LogP contribution in [-0.2, 0) is 19.2 Å². The number of thiazole rings is 1. The zero-order valence-corrected chi connectivity index (χ0v) is 20.5. The lowest BCUT2D eigenvalue weighted by atomic mass is 10.0. The molecule has 0 spiro atoms. The van der Waals surface area contributed by atoms with Crippen LogP contribution in [0, 0.1) is 0 Å². The average Bonchev–Trinajstić information content (AvgIpc) is 3.43. The molecule has 182 valence electrons. The normalized spacial score (nSPS) is 24.2. The summed E-state index contributed by atoms with van der Waals surface area (Å²) >= 11 is 2.52. The zero-order chi connectivity index (χ0) is 24.5. The van der Waals surface area contributed by atoms with Crippen LogP contribution in [-0.4, -0.2) is 88.8 Å². The van der Waals surface area contributed by atoms with Crippen LogP contribution in [0.2, 0.25) is 0 Å². The summed E-state index contributed by atoms with van der Waals surface area (Å²) in [7, 11) is 3.47. The summed E-state index contributed by atoms with van der Waals surface area (Å²) in [5.74, 6) is -2.22. The molecule has 13 heteroatoms. The zero-order valence-electron chi connectivity index (χ0n) is 18.9. The molecule has 0 radical (unpaired) electrons. The Balaban J connectivity index is 1.48. The molecule has 2 saturated heterocycles. The maximum atomic E-state index is 12.9. The molecule has 4 rings (SSSR count). The van der Waals surface area contributed by atoms with Gasteiger partial charge in [0.2, 0.25) is 0 Å². The lowest BCUT2D eigenvalue weighted by molar-refractivity contribution is -0.891. The Morgan fingerprint density at radius 1 is 1.44 bits per heavy atom. The highest BCUT2D eigenvalue weighted by Crippen LogP contribution is 2.40. The number of hydrogen-bond donors (Lipinski definition) is 2. The number of quaternary nitrogens is 1. The quantitative estimate of drug-likeness (QED) is 0.203. The first-order chi connectivity index (χ1) is 16.2. The van der Waals surface area contributed by atoms with Crippen molar-refractivity contribution in [2.45, 2.75) is 24.3 Å². The van der Waals surface area contributed by atoms with E-state index in [0.717, 1.165) is 35.5 Å². The second-order valence-electron chi connectivity index (χ2n) is 8.57. The van der Waals surface area contributed by atoms with Gasteiger partial charge < -0.3 is 30.3 Å². The van der Waals surface area contributed by atoms with E-state index in [1.165, 1.54) is 36.6 Å². The van der Waals surface area contributed by atoms with Gasteiger partial charge in [0.25, 0.3) is 11.8 Å². The molecule has 4 heterocycles. The highest BCUT2D eigenvalue weighted by Gasteiger charge is 2.53. The molecule has 0 aromatic carbocycles. The monoisotopic (exact) mass is 506 g/mol. The summed E-state index contributed by atoms with van der Waals surface area (Å²) < 4.78 is 0.924. The Hall–Kier alpha value is -2.90. The second kappa shape index (κ2) is 9.76. The van der Waals surface area contributed by atoms with Crippen molar-refractivity contribution in [2.75, 3.05) is 45.3 Å². The number of likely N-dealkylation sites (N-methyl/N-ethyl adjacent to an activating group) is 1. The number of hydrogen-bond acceptors (Lipinski definition) is 10. The molecule has 2 amide bonds. The Morgan fingerprint density at radius 3 is 2.79 bits per heavy atom.